The first-order valence-electron chi connectivity index (χ1n) is 6.17. The van der Waals surface area contributed by atoms with Crippen LogP contribution in [0.1, 0.15) is 19.4 Å². The molecule has 0 aliphatic carbocycles. The first kappa shape index (κ1) is 19.8. The predicted octanol–water partition coefficient (Wildman–Crippen LogP) is 2.19. The van der Waals surface area contributed by atoms with Gasteiger partial charge in [0.25, 0.3) is 0 Å². The quantitative estimate of drug-likeness (QED) is 0.780. The Kier molecular flexibility index (Phi) is 8.39. The molecule has 1 rings (SSSR count). The SMILES string of the molecule is COC(=O)CSCc1cccc(NC(=O)C(C)(C)N)c1.Cl. The fourth-order valence-corrected chi connectivity index (χ4v) is 2.14. The maximum Gasteiger partial charge on any atom is 0.315 e. The normalized spacial score (nSPS) is 10.5. The van der Waals surface area contributed by atoms with Crippen LogP contribution in [0.3, 0.4) is 0 Å². The van der Waals surface area contributed by atoms with Crippen molar-refractivity contribution < 1.29 is 14.3 Å². The van der Waals surface area contributed by atoms with Crippen LogP contribution in [0.15, 0.2) is 24.3 Å². The van der Waals surface area contributed by atoms with E-state index in [1.807, 2.05) is 18.2 Å². The third-order valence-electron chi connectivity index (χ3n) is 2.49. The lowest BCUT2D eigenvalue weighted by atomic mass is 10.1. The second-order valence-corrected chi connectivity index (χ2v) is 5.93. The van der Waals surface area contributed by atoms with E-state index in [4.69, 9.17) is 5.73 Å². The van der Waals surface area contributed by atoms with E-state index in [9.17, 15) is 9.59 Å². The Morgan fingerprint density at radius 3 is 2.62 bits per heavy atom. The zero-order valence-corrected chi connectivity index (χ0v) is 14.0. The Hall–Kier alpha value is -1.24. The molecule has 0 fully saturated rings. The minimum absolute atomic E-state index is 0. The highest BCUT2D eigenvalue weighted by Crippen LogP contribution is 2.17. The van der Waals surface area contributed by atoms with Crippen LogP contribution in [0, 0.1) is 0 Å². The fraction of sp³-hybridized carbons (Fsp3) is 0.429. The van der Waals surface area contributed by atoms with E-state index >= 15 is 0 Å². The van der Waals surface area contributed by atoms with E-state index in [0.717, 1.165) is 5.56 Å². The fourth-order valence-electron chi connectivity index (χ4n) is 1.34. The molecule has 7 heteroatoms. The zero-order chi connectivity index (χ0) is 15.2. The number of esters is 1. The van der Waals surface area contributed by atoms with Gasteiger partial charge in [0.2, 0.25) is 5.91 Å². The summed E-state index contributed by atoms with van der Waals surface area (Å²) in [7, 11) is 1.37. The summed E-state index contributed by atoms with van der Waals surface area (Å²) in [5, 5.41) is 2.77. The van der Waals surface area contributed by atoms with Crippen LogP contribution >= 0.6 is 24.2 Å². The Morgan fingerprint density at radius 2 is 2.05 bits per heavy atom. The molecule has 3 N–H and O–H groups in total. The molecule has 5 nitrogen and oxygen atoms in total. The average molecular weight is 333 g/mol. The Labute approximate surface area is 135 Å². The molecule has 21 heavy (non-hydrogen) atoms. The van der Waals surface area contributed by atoms with Crippen LogP contribution in [-0.2, 0) is 20.1 Å². The number of carbonyl (C=O) groups excluding carboxylic acids is 2. The molecule has 0 aromatic heterocycles. The lowest BCUT2D eigenvalue weighted by Gasteiger charge is -2.18. The Bertz CT molecular complexity index is 489. The van der Waals surface area contributed by atoms with Crippen molar-refractivity contribution in [3.05, 3.63) is 29.8 Å². The van der Waals surface area contributed by atoms with Gasteiger partial charge >= 0.3 is 5.97 Å². The van der Waals surface area contributed by atoms with E-state index in [1.165, 1.54) is 18.9 Å². The van der Waals surface area contributed by atoms with Crippen molar-refractivity contribution in [1.82, 2.24) is 0 Å². The minimum atomic E-state index is -0.921. The summed E-state index contributed by atoms with van der Waals surface area (Å²) in [5.74, 6) is 0.495. The van der Waals surface area contributed by atoms with E-state index in [2.05, 4.69) is 10.1 Å². The third kappa shape index (κ3) is 7.36. The standard InChI is InChI=1S/C14H20N2O3S.ClH/c1-14(2,15)13(18)16-11-6-4-5-10(7-11)8-20-9-12(17)19-3;/h4-7H,8-9,15H2,1-3H3,(H,16,18);1H. The molecule has 0 saturated heterocycles. The lowest BCUT2D eigenvalue weighted by molar-refractivity contribution is -0.137. The van der Waals surface area contributed by atoms with E-state index in [1.54, 1.807) is 19.9 Å². The molecule has 0 atom stereocenters. The van der Waals surface area contributed by atoms with E-state index < -0.39 is 5.54 Å². The number of ether oxygens (including phenoxy) is 1. The van der Waals surface area contributed by atoms with Gasteiger partial charge in [-0.25, -0.2) is 0 Å². The van der Waals surface area contributed by atoms with Crippen molar-refractivity contribution >= 4 is 41.7 Å². The largest absolute Gasteiger partial charge is 0.468 e. The van der Waals surface area contributed by atoms with Crippen molar-refractivity contribution in [1.29, 1.82) is 0 Å². The molecule has 0 saturated carbocycles. The van der Waals surface area contributed by atoms with Crippen LogP contribution in [0.2, 0.25) is 0 Å². The highest BCUT2D eigenvalue weighted by molar-refractivity contribution is 7.99. The minimum Gasteiger partial charge on any atom is -0.468 e. The van der Waals surface area contributed by atoms with Crippen LogP contribution in [0.5, 0.6) is 0 Å². The molecule has 0 aliphatic heterocycles. The maximum atomic E-state index is 11.8. The summed E-state index contributed by atoms with van der Waals surface area (Å²) >= 11 is 1.46. The first-order valence-corrected chi connectivity index (χ1v) is 7.32. The molecule has 0 heterocycles. The van der Waals surface area contributed by atoms with Gasteiger partial charge in [-0.05, 0) is 31.5 Å². The molecule has 0 spiro atoms. The number of anilines is 1. The summed E-state index contributed by atoms with van der Waals surface area (Å²) in [6, 6.07) is 7.47. The van der Waals surface area contributed by atoms with Crippen LogP contribution in [0.25, 0.3) is 0 Å². The van der Waals surface area contributed by atoms with Crippen molar-refractivity contribution in [2.75, 3.05) is 18.2 Å². The molecule has 1 aromatic carbocycles. The third-order valence-corrected chi connectivity index (χ3v) is 3.46. The van der Waals surface area contributed by atoms with Crippen LogP contribution < -0.4 is 11.1 Å². The average Bonchev–Trinajstić information content (AvgIpc) is 2.38. The molecule has 118 valence electrons. The second kappa shape index (κ2) is 8.92. The number of hydrogen-bond donors (Lipinski definition) is 2. The summed E-state index contributed by atoms with van der Waals surface area (Å²) in [6.45, 7) is 3.30. The number of thioether (sulfide) groups is 1. The van der Waals surface area contributed by atoms with Crippen LogP contribution in [0.4, 0.5) is 5.69 Å². The Morgan fingerprint density at radius 1 is 1.38 bits per heavy atom. The van der Waals surface area contributed by atoms with Gasteiger partial charge in [-0.2, -0.15) is 0 Å². The Balaban J connectivity index is 0.00000400. The summed E-state index contributed by atoms with van der Waals surface area (Å²) in [5.41, 5.74) is 6.52. The lowest BCUT2D eigenvalue weighted by Crippen LogP contribution is -2.45. The smallest absolute Gasteiger partial charge is 0.315 e. The van der Waals surface area contributed by atoms with Gasteiger partial charge in [-0.3, -0.25) is 9.59 Å². The topological polar surface area (TPSA) is 81.4 Å². The molecule has 0 aliphatic rings. The predicted molar refractivity (Wildman–Crippen MR) is 88.8 cm³/mol. The summed E-state index contributed by atoms with van der Waals surface area (Å²) in [4.78, 5) is 22.8. The van der Waals surface area contributed by atoms with Gasteiger partial charge in [0, 0.05) is 11.4 Å². The van der Waals surface area contributed by atoms with Gasteiger partial charge in [0.15, 0.2) is 0 Å². The number of rotatable bonds is 6. The van der Waals surface area contributed by atoms with Gasteiger partial charge in [0.1, 0.15) is 0 Å². The molecular weight excluding hydrogens is 312 g/mol. The molecule has 0 bridgehead atoms. The van der Waals surface area contributed by atoms with Gasteiger partial charge in [-0.15, -0.1) is 24.2 Å². The molecule has 0 unspecified atom stereocenters. The number of benzene rings is 1. The number of nitrogens with two attached hydrogens (primary N) is 1. The maximum absolute atomic E-state index is 11.8. The summed E-state index contributed by atoms with van der Waals surface area (Å²) in [6.07, 6.45) is 0. The summed E-state index contributed by atoms with van der Waals surface area (Å²) < 4.78 is 4.57. The highest BCUT2D eigenvalue weighted by atomic mass is 35.5. The molecular formula is C14H21ClN2O3S. The van der Waals surface area contributed by atoms with Gasteiger partial charge < -0.3 is 15.8 Å². The molecule has 0 radical (unpaired) electrons. The first-order chi connectivity index (χ1) is 9.32. The molecule has 1 aromatic rings. The highest BCUT2D eigenvalue weighted by Gasteiger charge is 2.21. The van der Waals surface area contributed by atoms with Crippen LogP contribution in [-0.4, -0.2) is 30.3 Å². The van der Waals surface area contributed by atoms with Gasteiger partial charge in [0.05, 0.1) is 18.4 Å². The van der Waals surface area contributed by atoms with Crippen molar-refractivity contribution in [3.8, 4) is 0 Å². The van der Waals surface area contributed by atoms with E-state index in [0.29, 0.717) is 17.2 Å². The van der Waals surface area contributed by atoms with Crippen molar-refractivity contribution in [2.45, 2.75) is 25.1 Å². The van der Waals surface area contributed by atoms with Crippen molar-refractivity contribution in [2.24, 2.45) is 5.73 Å². The monoisotopic (exact) mass is 332 g/mol. The van der Waals surface area contributed by atoms with Gasteiger partial charge in [-0.1, -0.05) is 12.1 Å². The number of amides is 1. The number of carbonyl (C=O) groups is 2. The molecule has 1 amide bonds. The second-order valence-electron chi connectivity index (χ2n) is 4.95. The zero-order valence-electron chi connectivity index (χ0n) is 12.3. The van der Waals surface area contributed by atoms with E-state index in [-0.39, 0.29) is 24.3 Å². The number of nitrogens with one attached hydrogen (secondary N) is 1. The van der Waals surface area contributed by atoms with Crippen molar-refractivity contribution in [3.63, 3.8) is 0 Å². The number of halogens is 1. The number of methoxy groups -OCH3 is 1. The number of hydrogen-bond acceptors (Lipinski definition) is 5.